The van der Waals surface area contributed by atoms with Gasteiger partial charge >= 0.3 is 0 Å². The standard InChI is InChI=1S/C51H31N3O2/c1-52-44-25-13-11-22-38(44)36-28-29-46-43(30-36)39-23-12-14-26-45(39)53(46)47-27-15-24-40-48(47)51(56)54(50(40)55)49-41(34-18-7-3-8-19-34)31-37(33-16-5-2-6-17-33)32-42(49)35-20-9-4-10-21-35/h2-32H. The van der Waals surface area contributed by atoms with E-state index in [1.165, 1.54) is 4.90 Å². The van der Waals surface area contributed by atoms with Gasteiger partial charge in [0.2, 0.25) is 0 Å². The summed E-state index contributed by atoms with van der Waals surface area (Å²) in [7, 11) is 0. The molecular weight excluding hydrogens is 687 g/mol. The van der Waals surface area contributed by atoms with Gasteiger partial charge in [0.1, 0.15) is 0 Å². The number of fused-ring (bicyclic) bond motifs is 4. The minimum absolute atomic E-state index is 0.353. The summed E-state index contributed by atoms with van der Waals surface area (Å²) in [6.45, 7) is 7.76. The molecule has 0 bridgehead atoms. The van der Waals surface area contributed by atoms with Crippen molar-refractivity contribution in [3.63, 3.8) is 0 Å². The Morgan fingerprint density at radius 2 is 0.982 bits per heavy atom. The van der Waals surface area contributed by atoms with E-state index >= 15 is 4.79 Å². The van der Waals surface area contributed by atoms with Crippen LogP contribution < -0.4 is 4.90 Å². The lowest BCUT2D eigenvalue weighted by Crippen LogP contribution is -2.30. The van der Waals surface area contributed by atoms with Gasteiger partial charge in [-0.15, -0.1) is 0 Å². The van der Waals surface area contributed by atoms with Crippen LogP contribution in [0.3, 0.4) is 0 Å². The number of imide groups is 1. The Bertz CT molecular complexity index is 3010. The summed E-state index contributed by atoms with van der Waals surface area (Å²) < 4.78 is 2.09. The first-order valence-corrected chi connectivity index (χ1v) is 18.5. The second-order valence-corrected chi connectivity index (χ2v) is 13.9. The van der Waals surface area contributed by atoms with Gasteiger partial charge in [0.05, 0.1) is 40.1 Å². The number of carbonyl (C=O) groups is 2. The third kappa shape index (κ3) is 5.16. The van der Waals surface area contributed by atoms with Crippen molar-refractivity contribution in [1.29, 1.82) is 0 Å². The third-order valence-electron chi connectivity index (χ3n) is 10.8. The van der Waals surface area contributed by atoms with E-state index in [1.807, 2.05) is 146 Å². The molecule has 10 rings (SSSR count). The van der Waals surface area contributed by atoms with Gasteiger partial charge in [0.15, 0.2) is 5.69 Å². The number of rotatable bonds is 6. The highest BCUT2D eigenvalue weighted by Crippen LogP contribution is 2.47. The monoisotopic (exact) mass is 717 g/mol. The van der Waals surface area contributed by atoms with E-state index in [4.69, 9.17) is 6.57 Å². The number of para-hydroxylation sites is 2. The van der Waals surface area contributed by atoms with Gasteiger partial charge in [-0.25, -0.2) is 9.74 Å². The second kappa shape index (κ2) is 13.2. The Morgan fingerprint density at radius 3 is 1.66 bits per heavy atom. The van der Waals surface area contributed by atoms with Crippen LogP contribution in [0.15, 0.2) is 188 Å². The summed E-state index contributed by atoms with van der Waals surface area (Å²) in [5, 5.41) is 1.99. The molecule has 0 aliphatic carbocycles. The zero-order valence-electron chi connectivity index (χ0n) is 30.1. The van der Waals surface area contributed by atoms with Crippen molar-refractivity contribution in [3.05, 3.63) is 211 Å². The number of hydrogen-bond acceptors (Lipinski definition) is 2. The van der Waals surface area contributed by atoms with E-state index in [9.17, 15) is 4.79 Å². The Kier molecular flexibility index (Phi) is 7.76. The van der Waals surface area contributed by atoms with E-state index in [1.54, 1.807) is 6.07 Å². The number of hydrogen-bond donors (Lipinski definition) is 0. The lowest BCUT2D eigenvalue weighted by atomic mass is 9.90. The highest BCUT2D eigenvalue weighted by molar-refractivity contribution is 6.37. The zero-order chi connectivity index (χ0) is 37.8. The van der Waals surface area contributed by atoms with Crippen LogP contribution in [0.4, 0.5) is 11.4 Å². The molecule has 0 fully saturated rings. The maximum Gasteiger partial charge on any atom is 0.268 e. The maximum atomic E-state index is 15.3. The molecular formula is C51H31N3O2. The van der Waals surface area contributed by atoms with Crippen molar-refractivity contribution in [1.82, 2.24) is 4.57 Å². The van der Waals surface area contributed by atoms with Crippen LogP contribution in [-0.4, -0.2) is 16.4 Å². The molecule has 2 heterocycles. The van der Waals surface area contributed by atoms with Crippen molar-refractivity contribution in [2.45, 2.75) is 0 Å². The fourth-order valence-corrected chi connectivity index (χ4v) is 8.22. The molecule has 56 heavy (non-hydrogen) atoms. The molecule has 0 spiro atoms. The number of aromatic nitrogens is 1. The summed E-state index contributed by atoms with van der Waals surface area (Å²) in [6.07, 6.45) is 0. The van der Waals surface area contributed by atoms with Crippen LogP contribution in [0.5, 0.6) is 0 Å². The van der Waals surface area contributed by atoms with Gasteiger partial charge < -0.3 is 4.57 Å². The lowest BCUT2D eigenvalue weighted by molar-refractivity contribution is 0.0926. The molecule has 1 aromatic heterocycles. The molecule has 8 aromatic carbocycles. The molecule has 0 atom stereocenters. The van der Waals surface area contributed by atoms with Crippen molar-refractivity contribution in [3.8, 4) is 50.2 Å². The van der Waals surface area contributed by atoms with Crippen LogP contribution in [0.2, 0.25) is 0 Å². The quantitative estimate of drug-likeness (QED) is 0.127. The first-order valence-electron chi connectivity index (χ1n) is 18.5. The number of benzene rings is 8. The topological polar surface area (TPSA) is 46.7 Å². The number of nitrogens with zero attached hydrogens (tertiary/aromatic N) is 3. The van der Waals surface area contributed by atoms with Gasteiger partial charge in [0, 0.05) is 21.9 Å². The average molecular weight is 718 g/mol. The molecule has 1 aliphatic rings. The smallest absolute Gasteiger partial charge is 0.268 e. The highest BCUT2D eigenvalue weighted by atomic mass is 16.2. The summed E-state index contributed by atoms with van der Waals surface area (Å²) in [4.78, 5) is 35.4. The summed E-state index contributed by atoms with van der Waals surface area (Å²) in [5.41, 5.74) is 11.4. The predicted octanol–water partition coefficient (Wildman–Crippen LogP) is 12.8. The fraction of sp³-hybridized carbons (Fsp3) is 0. The highest BCUT2D eigenvalue weighted by Gasteiger charge is 2.41. The van der Waals surface area contributed by atoms with Crippen molar-refractivity contribution in [2.75, 3.05) is 4.90 Å². The SMILES string of the molecule is [C-]#[N+]c1ccccc1-c1ccc2c(c1)c1ccccc1n2-c1cccc2c1C(=O)N(c1c(-c3ccccc3)cc(-c3ccccc3)cc1-c1ccccc1)C2=O. The summed E-state index contributed by atoms with van der Waals surface area (Å²) in [5.74, 6) is -0.747. The van der Waals surface area contributed by atoms with Gasteiger partial charge in [-0.2, -0.15) is 0 Å². The Hall–Kier alpha value is -7.81. The van der Waals surface area contributed by atoms with Crippen LogP contribution in [-0.2, 0) is 0 Å². The van der Waals surface area contributed by atoms with E-state index in [-0.39, 0.29) is 11.8 Å². The van der Waals surface area contributed by atoms with Crippen LogP contribution >= 0.6 is 0 Å². The number of anilines is 1. The summed E-state index contributed by atoms with van der Waals surface area (Å²) in [6, 6.07) is 61.8. The first kappa shape index (κ1) is 32.8. The van der Waals surface area contributed by atoms with Crippen molar-refractivity contribution >= 4 is 45.0 Å². The molecule has 5 heteroatoms. The molecule has 0 saturated heterocycles. The summed E-state index contributed by atoms with van der Waals surface area (Å²) >= 11 is 0. The molecule has 0 N–H and O–H groups in total. The van der Waals surface area contributed by atoms with Crippen LogP contribution in [0.1, 0.15) is 20.7 Å². The molecule has 0 radical (unpaired) electrons. The minimum atomic E-state index is -0.379. The number of amides is 2. The third-order valence-corrected chi connectivity index (χ3v) is 10.8. The second-order valence-electron chi connectivity index (χ2n) is 13.9. The fourth-order valence-electron chi connectivity index (χ4n) is 8.22. The maximum absolute atomic E-state index is 15.3. The molecule has 9 aromatic rings. The molecule has 1 aliphatic heterocycles. The molecule has 2 amide bonds. The lowest BCUT2D eigenvalue weighted by Gasteiger charge is -2.24. The van der Waals surface area contributed by atoms with E-state index in [0.29, 0.717) is 28.2 Å². The normalized spacial score (nSPS) is 12.3. The molecule has 5 nitrogen and oxygen atoms in total. The number of carbonyl (C=O) groups excluding carboxylic acids is 2. The Balaban J connectivity index is 1.20. The molecule has 262 valence electrons. The van der Waals surface area contributed by atoms with Crippen LogP contribution in [0.25, 0.3) is 76.8 Å². The Labute approximate surface area is 323 Å². The largest absolute Gasteiger partial charge is 0.308 e. The van der Waals surface area contributed by atoms with Gasteiger partial charge in [-0.3, -0.25) is 9.59 Å². The van der Waals surface area contributed by atoms with Crippen LogP contribution in [0, 0.1) is 6.57 Å². The molecule has 0 unspecified atom stereocenters. The van der Waals surface area contributed by atoms with Crippen molar-refractivity contribution in [2.24, 2.45) is 0 Å². The Morgan fingerprint density at radius 1 is 0.411 bits per heavy atom. The van der Waals surface area contributed by atoms with Gasteiger partial charge in [0.25, 0.3) is 11.8 Å². The first-order chi connectivity index (χ1) is 27.6. The average Bonchev–Trinajstić information content (AvgIpc) is 3.73. The van der Waals surface area contributed by atoms with Gasteiger partial charge in [-0.1, -0.05) is 146 Å². The van der Waals surface area contributed by atoms with Gasteiger partial charge in [-0.05, 0) is 75.8 Å². The van der Waals surface area contributed by atoms with E-state index < -0.39 is 0 Å². The molecule has 0 saturated carbocycles. The van der Waals surface area contributed by atoms with E-state index in [2.05, 4.69) is 45.8 Å². The van der Waals surface area contributed by atoms with Crippen molar-refractivity contribution < 1.29 is 9.59 Å². The predicted molar refractivity (Wildman–Crippen MR) is 226 cm³/mol. The minimum Gasteiger partial charge on any atom is -0.308 e. The van der Waals surface area contributed by atoms with E-state index in [0.717, 1.165) is 66.3 Å². The zero-order valence-corrected chi connectivity index (χ0v) is 30.1.